The maximum atomic E-state index is 6.47. The lowest BCUT2D eigenvalue weighted by Gasteiger charge is -2.10. The highest BCUT2D eigenvalue weighted by Gasteiger charge is 2.13. The number of pyridine rings is 1. The molecule has 0 atom stereocenters. The summed E-state index contributed by atoms with van der Waals surface area (Å²) in [4.78, 5) is 4.34. The Kier molecular flexibility index (Phi) is 3.20. The van der Waals surface area contributed by atoms with Gasteiger partial charge in [0, 0.05) is 23.3 Å². The Balaban J connectivity index is 1.78. The van der Waals surface area contributed by atoms with Crippen LogP contribution in [0.4, 0.5) is 11.5 Å². The molecule has 2 N–H and O–H groups in total. The van der Waals surface area contributed by atoms with Gasteiger partial charge in [-0.05, 0) is 38.1 Å². The summed E-state index contributed by atoms with van der Waals surface area (Å²) >= 11 is 6.47. The van der Waals surface area contributed by atoms with E-state index in [-0.39, 0.29) is 6.04 Å². The zero-order chi connectivity index (χ0) is 16.0. The van der Waals surface area contributed by atoms with Crippen LogP contribution in [-0.2, 0) is 0 Å². The summed E-state index contributed by atoms with van der Waals surface area (Å²) in [7, 11) is 0. The van der Waals surface area contributed by atoms with E-state index in [1.807, 2.05) is 35.1 Å². The van der Waals surface area contributed by atoms with Crippen LogP contribution >= 0.6 is 11.6 Å². The summed E-state index contributed by atoms with van der Waals surface area (Å²) in [5.41, 5.74) is 3.47. The number of fused-ring (bicyclic) bond motifs is 2. The number of nitrogens with zero attached hydrogens (tertiary/aromatic N) is 4. The second kappa shape index (κ2) is 5.24. The van der Waals surface area contributed by atoms with E-state index in [4.69, 9.17) is 11.6 Å². The first-order valence-electron chi connectivity index (χ1n) is 7.36. The largest absolute Gasteiger partial charge is 0.337 e. The summed E-state index contributed by atoms with van der Waals surface area (Å²) < 4.78 is 1.92. The van der Waals surface area contributed by atoms with E-state index in [9.17, 15) is 0 Å². The summed E-state index contributed by atoms with van der Waals surface area (Å²) in [6, 6.07) is 7.95. The fourth-order valence-electron chi connectivity index (χ4n) is 2.68. The average Bonchev–Trinajstić information content (AvgIpc) is 3.12. The molecule has 6 nitrogen and oxygen atoms in total. The van der Waals surface area contributed by atoms with Crippen molar-refractivity contribution < 1.29 is 0 Å². The average molecular weight is 327 g/mol. The maximum absolute atomic E-state index is 6.47. The highest BCUT2D eigenvalue weighted by Crippen LogP contribution is 2.31. The SMILES string of the molecule is CC(C)n1ncc2cc(Nc3n[nH]c4cccnc34)cc(Cl)c21. The van der Waals surface area contributed by atoms with Crippen LogP contribution in [0.3, 0.4) is 0 Å². The predicted molar refractivity (Wildman–Crippen MR) is 92.3 cm³/mol. The van der Waals surface area contributed by atoms with Crippen molar-refractivity contribution in [2.45, 2.75) is 19.9 Å². The lowest BCUT2D eigenvalue weighted by atomic mass is 10.2. The van der Waals surface area contributed by atoms with Crippen molar-refractivity contribution in [3.63, 3.8) is 0 Å². The molecule has 0 bridgehead atoms. The number of aromatic amines is 1. The van der Waals surface area contributed by atoms with Crippen molar-refractivity contribution in [3.8, 4) is 0 Å². The second-order valence-corrected chi connectivity index (χ2v) is 6.08. The molecule has 0 radical (unpaired) electrons. The van der Waals surface area contributed by atoms with Crippen molar-refractivity contribution in [2.24, 2.45) is 0 Å². The molecular formula is C16H15ClN6. The molecular weight excluding hydrogens is 312 g/mol. The van der Waals surface area contributed by atoms with E-state index in [0.29, 0.717) is 10.8 Å². The minimum Gasteiger partial charge on any atom is -0.337 e. The van der Waals surface area contributed by atoms with Gasteiger partial charge in [-0.1, -0.05) is 11.6 Å². The van der Waals surface area contributed by atoms with Gasteiger partial charge in [0.25, 0.3) is 0 Å². The number of rotatable bonds is 3. The fraction of sp³-hybridized carbons (Fsp3) is 0.188. The van der Waals surface area contributed by atoms with E-state index in [1.165, 1.54) is 0 Å². The number of hydrogen-bond donors (Lipinski definition) is 2. The van der Waals surface area contributed by atoms with E-state index < -0.39 is 0 Å². The molecule has 0 aliphatic carbocycles. The molecule has 0 fully saturated rings. The molecule has 0 saturated carbocycles. The topological polar surface area (TPSA) is 71.4 Å². The smallest absolute Gasteiger partial charge is 0.178 e. The van der Waals surface area contributed by atoms with Gasteiger partial charge in [-0.2, -0.15) is 10.2 Å². The zero-order valence-electron chi connectivity index (χ0n) is 12.7. The molecule has 0 unspecified atom stereocenters. The quantitative estimate of drug-likeness (QED) is 0.589. The third-order valence-electron chi connectivity index (χ3n) is 3.72. The van der Waals surface area contributed by atoms with Crippen LogP contribution in [0.1, 0.15) is 19.9 Å². The van der Waals surface area contributed by atoms with Gasteiger partial charge in [-0.25, -0.2) is 0 Å². The molecule has 4 aromatic rings. The third kappa shape index (κ3) is 2.31. The molecule has 4 rings (SSSR count). The minimum atomic E-state index is 0.253. The Labute approximate surface area is 137 Å². The Hall–Kier alpha value is -2.60. The van der Waals surface area contributed by atoms with Gasteiger partial charge >= 0.3 is 0 Å². The highest BCUT2D eigenvalue weighted by atomic mass is 35.5. The standard InChI is InChI=1S/C16H15ClN6/c1-9(2)23-15-10(8-19-23)6-11(7-12(15)17)20-16-14-13(21-22-16)4-3-5-18-14/h3-9H,1-2H3,(H2,20,21,22). The lowest BCUT2D eigenvalue weighted by molar-refractivity contribution is 0.551. The van der Waals surface area contributed by atoms with Crippen molar-refractivity contribution in [2.75, 3.05) is 5.32 Å². The first kappa shape index (κ1) is 14.0. The van der Waals surface area contributed by atoms with Gasteiger partial charge in [0.05, 0.1) is 22.3 Å². The van der Waals surface area contributed by atoms with Gasteiger partial charge < -0.3 is 5.32 Å². The van der Waals surface area contributed by atoms with Gasteiger partial charge in [0.15, 0.2) is 5.82 Å². The van der Waals surface area contributed by atoms with Crippen molar-refractivity contribution in [1.82, 2.24) is 25.0 Å². The molecule has 116 valence electrons. The summed E-state index contributed by atoms with van der Waals surface area (Å²) in [5.74, 6) is 0.673. The van der Waals surface area contributed by atoms with Crippen LogP contribution in [0.15, 0.2) is 36.7 Å². The van der Waals surface area contributed by atoms with Crippen LogP contribution in [0.5, 0.6) is 0 Å². The van der Waals surface area contributed by atoms with Crippen molar-refractivity contribution in [1.29, 1.82) is 0 Å². The van der Waals surface area contributed by atoms with Crippen molar-refractivity contribution in [3.05, 3.63) is 41.7 Å². The van der Waals surface area contributed by atoms with E-state index in [0.717, 1.165) is 27.6 Å². The van der Waals surface area contributed by atoms with E-state index in [1.54, 1.807) is 6.20 Å². The van der Waals surface area contributed by atoms with Crippen LogP contribution in [0.25, 0.3) is 21.9 Å². The predicted octanol–water partition coefficient (Wildman–Crippen LogP) is 4.29. The molecule has 0 aliphatic heterocycles. The zero-order valence-corrected chi connectivity index (χ0v) is 13.5. The van der Waals surface area contributed by atoms with Gasteiger partial charge in [0.1, 0.15) is 5.52 Å². The van der Waals surface area contributed by atoms with Crippen LogP contribution in [0, 0.1) is 0 Å². The second-order valence-electron chi connectivity index (χ2n) is 5.68. The van der Waals surface area contributed by atoms with Crippen molar-refractivity contribution >= 4 is 45.0 Å². The molecule has 0 spiro atoms. The summed E-state index contributed by atoms with van der Waals surface area (Å²) in [6.07, 6.45) is 3.57. The Bertz CT molecular complexity index is 1000. The molecule has 1 aromatic carbocycles. The minimum absolute atomic E-state index is 0.253. The summed E-state index contributed by atoms with van der Waals surface area (Å²) in [6.45, 7) is 4.16. The Morgan fingerprint density at radius 2 is 2.17 bits per heavy atom. The number of anilines is 2. The molecule has 3 heterocycles. The van der Waals surface area contributed by atoms with E-state index in [2.05, 4.69) is 39.4 Å². The molecule has 7 heteroatoms. The molecule has 0 saturated heterocycles. The number of aromatic nitrogens is 5. The van der Waals surface area contributed by atoms with Gasteiger partial charge in [0.2, 0.25) is 0 Å². The number of halogens is 1. The van der Waals surface area contributed by atoms with Gasteiger partial charge in [-0.15, -0.1) is 0 Å². The first-order valence-corrected chi connectivity index (χ1v) is 7.74. The number of H-pyrrole nitrogens is 1. The Morgan fingerprint density at radius 3 is 3.00 bits per heavy atom. The third-order valence-corrected chi connectivity index (χ3v) is 4.00. The molecule has 0 aliphatic rings. The lowest BCUT2D eigenvalue weighted by Crippen LogP contribution is -2.02. The van der Waals surface area contributed by atoms with E-state index >= 15 is 0 Å². The summed E-state index contributed by atoms with van der Waals surface area (Å²) in [5, 5.41) is 16.6. The Morgan fingerprint density at radius 1 is 1.30 bits per heavy atom. The molecule has 3 aromatic heterocycles. The van der Waals surface area contributed by atoms with Crippen LogP contribution in [0.2, 0.25) is 5.02 Å². The van der Waals surface area contributed by atoms with Gasteiger partial charge in [-0.3, -0.25) is 14.8 Å². The monoisotopic (exact) mass is 326 g/mol. The maximum Gasteiger partial charge on any atom is 0.178 e. The first-order chi connectivity index (χ1) is 11.1. The van der Waals surface area contributed by atoms with Crippen LogP contribution < -0.4 is 5.32 Å². The fourth-order valence-corrected chi connectivity index (χ4v) is 3.00. The molecule has 23 heavy (non-hydrogen) atoms. The number of nitrogens with one attached hydrogen (secondary N) is 2. The molecule has 0 amide bonds. The highest BCUT2D eigenvalue weighted by molar-refractivity contribution is 6.35. The number of benzene rings is 1. The van der Waals surface area contributed by atoms with Crippen LogP contribution in [-0.4, -0.2) is 25.0 Å². The normalized spacial score (nSPS) is 11.7. The number of hydrogen-bond acceptors (Lipinski definition) is 4.